The van der Waals surface area contributed by atoms with Gasteiger partial charge in [-0.15, -0.1) is 0 Å². The maximum Gasteiger partial charge on any atom is 0.242 e. The van der Waals surface area contributed by atoms with E-state index in [1.165, 1.54) is 0 Å². The molecule has 0 radical (unpaired) electrons. The Morgan fingerprint density at radius 2 is 1.81 bits per heavy atom. The van der Waals surface area contributed by atoms with Crippen LogP contribution in [0.1, 0.15) is 25.7 Å². The van der Waals surface area contributed by atoms with E-state index in [0.29, 0.717) is 19.5 Å². The normalized spacial score (nSPS) is 27.9. The van der Waals surface area contributed by atoms with Gasteiger partial charge in [-0.3, -0.25) is 4.79 Å². The third kappa shape index (κ3) is 2.22. The lowest BCUT2D eigenvalue weighted by molar-refractivity contribution is -0.139. The summed E-state index contributed by atoms with van der Waals surface area (Å²) >= 11 is 0. The molecule has 0 bridgehead atoms. The minimum Gasteiger partial charge on any atom is -0.340 e. The minimum absolute atomic E-state index is 0.0594. The van der Waals surface area contributed by atoms with Crippen molar-refractivity contribution in [3.8, 4) is 0 Å². The van der Waals surface area contributed by atoms with Crippen LogP contribution in [0.3, 0.4) is 0 Å². The topological polar surface area (TPSA) is 80.5 Å². The standard InChI is InChI=1S/C10H18N2O3S/c11-10(3-1-4-10)9(13)12-5-2-7-16(14,15)8-6-12/h1-8,11H2. The molecule has 0 atom stereocenters. The number of amides is 1. The number of carbonyl (C=O) groups is 1. The van der Waals surface area contributed by atoms with Crippen molar-refractivity contribution in [1.29, 1.82) is 0 Å². The van der Waals surface area contributed by atoms with Crippen molar-refractivity contribution in [2.24, 2.45) is 5.73 Å². The Kier molecular flexibility index (Phi) is 2.96. The first kappa shape index (κ1) is 11.9. The summed E-state index contributed by atoms with van der Waals surface area (Å²) in [4.78, 5) is 13.7. The molecule has 0 aromatic heterocycles. The van der Waals surface area contributed by atoms with E-state index in [1.807, 2.05) is 0 Å². The van der Waals surface area contributed by atoms with Crippen LogP contribution in [0.5, 0.6) is 0 Å². The number of nitrogens with zero attached hydrogens (tertiary/aromatic N) is 1. The van der Waals surface area contributed by atoms with Gasteiger partial charge in [0, 0.05) is 13.1 Å². The SMILES string of the molecule is NC1(C(=O)N2CCCS(=O)(=O)CC2)CCC1. The van der Waals surface area contributed by atoms with Gasteiger partial charge in [0.25, 0.3) is 0 Å². The van der Waals surface area contributed by atoms with Gasteiger partial charge in [-0.2, -0.15) is 0 Å². The first-order valence-corrected chi connectivity index (χ1v) is 7.54. The lowest BCUT2D eigenvalue weighted by Crippen LogP contribution is -2.59. The van der Waals surface area contributed by atoms with Crippen LogP contribution in [-0.4, -0.2) is 49.4 Å². The highest BCUT2D eigenvalue weighted by Crippen LogP contribution is 2.31. The van der Waals surface area contributed by atoms with Gasteiger partial charge in [0.2, 0.25) is 5.91 Å². The first-order chi connectivity index (χ1) is 7.43. The summed E-state index contributed by atoms with van der Waals surface area (Å²) in [5, 5.41) is 0. The monoisotopic (exact) mass is 246 g/mol. The highest BCUT2D eigenvalue weighted by molar-refractivity contribution is 7.91. The van der Waals surface area contributed by atoms with E-state index in [4.69, 9.17) is 5.73 Å². The van der Waals surface area contributed by atoms with Crippen molar-refractivity contribution in [1.82, 2.24) is 4.90 Å². The minimum atomic E-state index is -2.95. The average molecular weight is 246 g/mol. The summed E-state index contributed by atoms with van der Waals surface area (Å²) in [5.74, 6) is 0.208. The van der Waals surface area contributed by atoms with Gasteiger partial charge >= 0.3 is 0 Å². The van der Waals surface area contributed by atoms with Gasteiger partial charge < -0.3 is 10.6 Å². The van der Waals surface area contributed by atoms with E-state index in [2.05, 4.69) is 0 Å². The lowest BCUT2D eigenvalue weighted by atomic mass is 9.76. The van der Waals surface area contributed by atoms with Crippen molar-refractivity contribution < 1.29 is 13.2 Å². The van der Waals surface area contributed by atoms with Gasteiger partial charge in [-0.05, 0) is 25.7 Å². The summed E-state index contributed by atoms with van der Waals surface area (Å²) in [6.45, 7) is 0.830. The molecule has 2 aliphatic rings. The molecule has 1 saturated carbocycles. The number of sulfone groups is 1. The van der Waals surface area contributed by atoms with Crippen LogP contribution in [0.15, 0.2) is 0 Å². The van der Waals surface area contributed by atoms with E-state index < -0.39 is 15.4 Å². The highest BCUT2D eigenvalue weighted by atomic mass is 32.2. The molecular formula is C10H18N2O3S. The molecule has 5 nitrogen and oxygen atoms in total. The second-order valence-corrected chi connectivity index (χ2v) is 7.11. The molecule has 1 saturated heterocycles. The fourth-order valence-electron chi connectivity index (χ4n) is 2.23. The average Bonchev–Trinajstić information content (AvgIpc) is 2.35. The van der Waals surface area contributed by atoms with Gasteiger partial charge in [0.05, 0.1) is 17.0 Å². The molecular weight excluding hydrogens is 228 g/mol. The first-order valence-electron chi connectivity index (χ1n) is 5.72. The molecule has 1 aliphatic carbocycles. The van der Waals surface area contributed by atoms with E-state index in [0.717, 1.165) is 19.3 Å². The second-order valence-electron chi connectivity index (χ2n) is 4.81. The molecule has 0 aromatic rings. The van der Waals surface area contributed by atoms with Crippen LogP contribution in [0.25, 0.3) is 0 Å². The van der Waals surface area contributed by atoms with Crippen LogP contribution in [-0.2, 0) is 14.6 Å². The number of hydrogen-bond acceptors (Lipinski definition) is 4. The molecule has 16 heavy (non-hydrogen) atoms. The van der Waals surface area contributed by atoms with E-state index in [1.54, 1.807) is 4.90 Å². The van der Waals surface area contributed by atoms with Gasteiger partial charge in [-0.1, -0.05) is 0 Å². The zero-order valence-electron chi connectivity index (χ0n) is 9.31. The summed E-state index contributed by atoms with van der Waals surface area (Å²) in [6.07, 6.45) is 2.99. The lowest BCUT2D eigenvalue weighted by Gasteiger charge is -2.40. The van der Waals surface area contributed by atoms with Crippen LogP contribution in [0.2, 0.25) is 0 Å². The number of hydrogen-bond donors (Lipinski definition) is 1. The van der Waals surface area contributed by atoms with E-state index in [9.17, 15) is 13.2 Å². The quantitative estimate of drug-likeness (QED) is 0.677. The van der Waals surface area contributed by atoms with Crippen molar-refractivity contribution >= 4 is 15.7 Å². The maximum atomic E-state index is 12.1. The molecule has 2 N–H and O–H groups in total. The Balaban J connectivity index is 2.02. The van der Waals surface area contributed by atoms with Gasteiger partial charge in [0.1, 0.15) is 0 Å². The van der Waals surface area contributed by atoms with Crippen LogP contribution < -0.4 is 5.73 Å². The van der Waals surface area contributed by atoms with E-state index >= 15 is 0 Å². The molecule has 2 fully saturated rings. The molecule has 0 unspecified atom stereocenters. The number of nitrogens with two attached hydrogens (primary N) is 1. The Hall–Kier alpha value is -0.620. The molecule has 0 aromatic carbocycles. The Labute approximate surface area is 95.9 Å². The third-order valence-corrected chi connectivity index (χ3v) is 5.23. The highest BCUT2D eigenvalue weighted by Gasteiger charge is 2.43. The Morgan fingerprint density at radius 1 is 1.12 bits per heavy atom. The van der Waals surface area contributed by atoms with Crippen molar-refractivity contribution in [2.45, 2.75) is 31.2 Å². The molecule has 1 amide bonds. The summed E-state index contributed by atoms with van der Waals surface area (Å²) < 4.78 is 22.8. The van der Waals surface area contributed by atoms with Gasteiger partial charge in [0.15, 0.2) is 9.84 Å². The van der Waals surface area contributed by atoms with Crippen LogP contribution in [0, 0.1) is 0 Å². The molecule has 0 spiro atoms. The summed E-state index contributed by atoms with van der Waals surface area (Å²) in [5.41, 5.74) is 5.25. The number of rotatable bonds is 1. The predicted octanol–water partition coefficient (Wildman–Crippen LogP) is -0.485. The number of carbonyl (C=O) groups excluding carboxylic acids is 1. The zero-order valence-corrected chi connectivity index (χ0v) is 10.1. The largest absolute Gasteiger partial charge is 0.340 e. The fraction of sp³-hybridized carbons (Fsp3) is 0.900. The van der Waals surface area contributed by atoms with Crippen LogP contribution >= 0.6 is 0 Å². The maximum absolute atomic E-state index is 12.1. The summed E-state index contributed by atoms with van der Waals surface area (Å²) in [7, 11) is -2.95. The predicted molar refractivity (Wildman–Crippen MR) is 60.6 cm³/mol. The molecule has 2 rings (SSSR count). The Morgan fingerprint density at radius 3 is 2.38 bits per heavy atom. The van der Waals surface area contributed by atoms with E-state index in [-0.39, 0.29) is 17.4 Å². The second kappa shape index (κ2) is 4.00. The molecule has 92 valence electrons. The third-order valence-electron chi connectivity index (χ3n) is 3.51. The molecule has 1 heterocycles. The summed E-state index contributed by atoms with van der Waals surface area (Å²) in [6, 6.07) is 0. The van der Waals surface area contributed by atoms with Crippen molar-refractivity contribution in [3.63, 3.8) is 0 Å². The van der Waals surface area contributed by atoms with Crippen molar-refractivity contribution in [2.75, 3.05) is 24.6 Å². The van der Waals surface area contributed by atoms with Gasteiger partial charge in [-0.25, -0.2) is 8.42 Å². The smallest absolute Gasteiger partial charge is 0.242 e. The molecule has 6 heteroatoms. The Bertz CT molecular complexity index is 387. The fourth-order valence-corrected chi connectivity index (χ4v) is 3.50. The molecule has 1 aliphatic heterocycles. The van der Waals surface area contributed by atoms with Crippen molar-refractivity contribution in [3.05, 3.63) is 0 Å². The van der Waals surface area contributed by atoms with Crippen LogP contribution in [0.4, 0.5) is 0 Å². The zero-order chi connectivity index (χ0) is 11.8.